The van der Waals surface area contributed by atoms with Gasteiger partial charge in [-0.25, -0.2) is 5.43 Å². The van der Waals surface area contributed by atoms with Gasteiger partial charge in [0.25, 0.3) is 5.91 Å². The van der Waals surface area contributed by atoms with Crippen LogP contribution in [0.3, 0.4) is 0 Å². The van der Waals surface area contributed by atoms with E-state index in [0.29, 0.717) is 17.1 Å². The van der Waals surface area contributed by atoms with E-state index >= 15 is 0 Å². The topological polar surface area (TPSA) is 64.8 Å². The summed E-state index contributed by atoms with van der Waals surface area (Å²) >= 11 is 0. The number of aryl methyl sites for hydroxylation is 1. The Kier molecular flexibility index (Phi) is 6.22. The van der Waals surface area contributed by atoms with Gasteiger partial charge in [0, 0.05) is 40.8 Å². The predicted octanol–water partition coefficient (Wildman–Crippen LogP) is 4.78. The summed E-state index contributed by atoms with van der Waals surface area (Å²) in [5.41, 5.74) is 7.49. The van der Waals surface area contributed by atoms with Gasteiger partial charge in [-0.1, -0.05) is 48.0 Å². The van der Waals surface area contributed by atoms with Gasteiger partial charge in [0.2, 0.25) is 0 Å². The Labute approximate surface area is 187 Å². The van der Waals surface area contributed by atoms with Gasteiger partial charge in [-0.15, -0.1) is 0 Å². The minimum atomic E-state index is -0.346. The molecule has 0 unspecified atom stereocenters. The summed E-state index contributed by atoms with van der Waals surface area (Å²) in [7, 11) is 3.09. The number of rotatable bonds is 7. The third-order valence-corrected chi connectivity index (χ3v) is 5.28. The van der Waals surface area contributed by atoms with E-state index in [2.05, 4.69) is 64.6 Å². The molecule has 0 aliphatic carbocycles. The number of ether oxygens (including phenoxy) is 2. The molecule has 1 amide bonds. The number of hydrazone groups is 1. The summed E-state index contributed by atoms with van der Waals surface area (Å²) in [6.07, 6.45) is 3.72. The van der Waals surface area contributed by atoms with Crippen molar-refractivity contribution in [3.63, 3.8) is 0 Å². The first kappa shape index (κ1) is 21.2. The van der Waals surface area contributed by atoms with Crippen LogP contribution in [0.2, 0.25) is 0 Å². The minimum Gasteiger partial charge on any atom is -0.497 e. The lowest BCUT2D eigenvalue weighted by Gasteiger charge is -2.07. The smallest absolute Gasteiger partial charge is 0.271 e. The molecule has 0 saturated carbocycles. The largest absolute Gasteiger partial charge is 0.497 e. The fourth-order valence-electron chi connectivity index (χ4n) is 3.56. The number of fused-ring (bicyclic) bond motifs is 1. The maximum Gasteiger partial charge on any atom is 0.271 e. The summed E-state index contributed by atoms with van der Waals surface area (Å²) in [6, 6.07) is 21.7. The van der Waals surface area contributed by atoms with E-state index in [0.717, 1.165) is 23.0 Å². The summed E-state index contributed by atoms with van der Waals surface area (Å²) < 4.78 is 12.6. The molecule has 4 rings (SSSR count). The second kappa shape index (κ2) is 9.39. The van der Waals surface area contributed by atoms with Crippen molar-refractivity contribution < 1.29 is 14.3 Å². The molecule has 6 nitrogen and oxygen atoms in total. The van der Waals surface area contributed by atoms with Gasteiger partial charge in [-0.05, 0) is 30.7 Å². The number of hydrogen-bond donors (Lipinski definition) is 1. The minimum absolute atomic E-state index is 0.346. The highest BCUT2D eigenvalue weighted by atomic mass is 16.5. The lowest BCUT2D eigenvalue weighted by molar-refractivity contribution is 0.0954. The summed E-state index contributed by atoms with van der Waals surface area (Å²) in [5, 5.41) is 5.26. The normalized spacial score (nSPS) is 11.1. The molecule has 1 aromatic heterocycles. The highest BCUT2D eigenvalue weighted by Gasteiger charge is 2.10. The number of para-hydroxylation sites is 1. The zero-order valence-corrected chi connectivity index (χ0v) is 18.3. The van der Waals surface area contributed by atoms with E-state index in [-0.39, 0.29) is 5.91 Å². The monoisotopic (exact) mass is 427 g/mol. The van der Waals surface area contributed by atoms with Gasteiger partial charge < -0.3 is 14.0 Å². The van der Waals surface area contributed by atoms with Crippen LogP contribution in [-0.2, 0) is 6.54 Å². The van der Waals surface area contributed by atoms with E-state index in [1.54, 1.807) is 38.6 Å². The van der Waals surface area contributed by atoms with Crippen LogP contribution in [-0.4, -0.2) is 30.9 Å². The Balaban J connectivity index is 1.55. The molecule has 6 heteroatoms. The molecule has 0 atom stereocenters. The second-order valence-corrected chi connectivity index (χ2v) is 7.52. The average molecular weight is 428 g/mol. The van der Waals surface area contributed by atoms with Crippen LogP contribution in [0.4, 0.5) is 0 Å². The van der Waals surface area contributed by atoms with E-state index in [9.17, 15) is 4.79 Å². The lowest BCUT2D eigenvalue weighted by Crippen LogP contribution is -2.17. The number of aromatic nitrogens is 1. The van der Waals surface area contributed by atoms with E-state index in [1.165, 1.54) is 11.1 Å². The van der Waals surface area contributed by atoms with Crippen LogP contribution in [0.15, 0.2) is 78.0 Å². The predicted molar refractivity (Wildman–Crippen MR) is 127 cm³/mol. The van der Waals surface area contributed by atoms with Crippen LogP contribution in [0.5, 0.6) is 11.5 Å². The van der Waals surface area contributed by atoms with Crippen molar-refractivity contribution >= 4 is 23.0 Å². The molecule has 0 spiro atoms. The van der Waals surface area contributed by atoms with Gasteiger partial charge in [0.15, 0.2) is 0 Å². The molecule has 0 aliphatic heterocycles. The van der Waals surface area contributed by atoms with Crippen molar-refractivity contribution in [2.45, 2.75) is 13.5 Å². The van der Waals surface area contributed by atoms with Gasteiger partial charge >= 0.3 is 0 Å². The van der Waals surface area contributed by atoms with Crippen molar-refractivity contribution in [2.24, 2.45) is 5.10 Å². The van der Waals surface area contributed by atoms with Gasteiger partial charge in [0.1, 0.15) is 11.5 Å². The quantitative estimate of drug-likeness (QED) is 0.341. The van der Waals surface area contributed by atoms with Gasteiger partial charge in [-0.2, -0.15) is 5.10 Å². The number of hydrogen-bond acceptors (Lipinski definition) is 4. The molecule has 0 fully saturated rings. The van der Waals surface area contributed by atoms with Crippen molar-refractivity contribution in [1.29, 1.82) is 0 Å². The van der Waals surface area contributed by atoms with Crippen molar-refractivity contribution in [3.05, 3.63) is 95.2 Å². The molecule has 1 N–H and O–H groups in total. The summed E-state index contributed by atoms with van der Waals surface area (Å²) in [6.45, 7) is 2.84. The Morgan fingerprint density at radius 1 is 1.00 bits per heavy atom. The van der Waals surface area contributed by atoms with Gasteiger partial charge in [0.05, 0.1) is 20.4 Å². The SMILES string of the molecule is COc1cc(OC)cc(C(=O)N/N=C\c2cn(Cc3ccc(C)cc3)c3ccccc23)c1. The average Bonchev–Trinajstić information content (AvgIpc) is 3.17. The van der Waals surface area contributed by atoms with Crippen molar-refractivity contribution in [3.8, 4) is 11.5 Å². The standard InChI is InChI=1S/C26H25N3O3/c1-18-8-10-19(11-9-18)16-29-17-21(24-6-4-5-7-25(24)29)15-27-28-26(30)20-12-22(31-2)14-23(13-20)32-3/h4-15,17H,16H2,1-3H3,(H,28,30)/b27-15-. The lowest BCUT2D eigenvalue weighted by atomic mass is 10.1. The van der Waals surface area contributed by atoms with E-state index in [4.69, 9.17) is 9.47 Å². The van der Waals surface area contributed by atoms with Crippen LogP contribution < -0.4 is 14.9 Å². The maximum atomic E-state index is 12.6. The zero-order chi connectivity index (χ0) is 22.5. The molecule has 0 radical (unpaired) electrons. The Bertz CT molecular complexity index is 1250. The maximum absolute atomic E-state index is 12.6. The number of methoxy groups -OCH3 is 2. The first-order chi connectivity index (χ1) is 15.6. The fourth-order valence-corrected chi connectivity index (χ4v) is 3.56. The van der Waals surface area contributed by atoms with Crippen LogP contribution >= 0.6 is 0 Å². The van der Waals surface area contributed by atoms with E-state index < -0.39 is 0 Å². The Morgan fingerprint density at radius 3 is 2.38 bits per heavy atom. The molecule has 0 bridgehead atoms. The highest BCUT2D eigenvalue weighted by Crippen LogP contribution is 2.23. The molecular weight excluding hydrogens is 402 g/mol. The third-order valence-electron chi connectivity index (χ3n) is 5.28. The number of amides is 1. The van der Waals surface area contributed by atoms with Crippen molar-refractivity contribution in [2.75, 3.05) is 14.2 Å². The van der Waals surface area contributed by atoms with Crippen LogP contribution in [0.25, 0.3) is 10.9 Å². The fraction of sp³-hybridized carbons (Fsp3) is 0.154. The molecule has 4 aromatic rings. The van der Waals surface area contributed by atoms with E-state index in [1.807, 2.05) is 12.1 Å². The molecule has 1 heterocycles. The third kappa shape index (κ3) is 4.64. The Morgan fingerprint density at radius 2 is 1.69 bits per heavy atom. The summed E-state index contributed by atoms with van der Waals surface area (Å²) in [5.74, 6) is 0.733. The van der Waals surface area contributed by atoms with Crippen LogP contribution in [0, 0.1) is 6.92 Å². The molecule has 0 saturated heterocycles. The number of nitrogens with zero attached hydrogens (tertiary/aromatic N) is 2. The van der Waals surface area contributed by atoms with Crippen molar-refractivity contribution in [1.82, 2.24) is 9.99 Å². The molecular formula is C26H25N3O3. The molecule has 0 aliphatic rings. The van der Waals surface area contributed by atoms with Gasteiger partial charge in [-0.3, -0.25) is 4.79 Å². The highest BCUT2D eigenvalue weighted by molar-refractivity contribution is 6.00. The first-order valence-corrected chi connectivity index (χ1v) is 10.3. The number of carbonyl (C=O) groups excluding carboxylic acids is 1. The number of nitrogens with one attached hydrogen (secondary N) is 1. The first-order valence-electron chi connectivity index (χ1n) is 10.3. The molecule has 3 aromatic carbocycles. The number of carbonyl (C=O) groups is 1. The second-order valence-electron chi connectivity index (χ2n) is 7.52. The zero-order valence-electron chi connectivity index (χ0n) is 18.3. The summed E-state index contributed by atoms with van der Waals surface area (Å²) in [4.78, 5) is 12.6. The van der Waals surface area contributed by atoms with Crippen LogP contribution in [0.1, 0.15) is 27.0 Å². The molecule has 32 heavy (non-hydrogen) atoms. The number of benzene rings is 3. The molecule has 162 valence electrons. The Hall–Kier alpha value is -4.06.